The molecule has 21 nitrogen and oxygen atoms in total. The number of aromatic nitrogens is 4. The number of nitrogens with one attached hydrogen (secondary N) is 3. The first kappa shape index (κ1) is 55.5. The number of unbranched alkanes of at least 4 members (excludes halogenated alkanes) is 3. The average Bonchev–Trinajstić information content (AvgIpc) is 3.92. The number of aliphatic hydroxyl groups excluding tert-OH is 2. The number of nitrogens with zero attached hydrogens (tertiary/aromatic N) is 2. The van der Waals surface area contributed by atoms with Crippen molar-refractivity contribution in [3.63, 3.8) is 0 Å². The van der Waals surface area contributed by atoms with E-state index in [1.165, 1.54) is 71.2 Å². The maximum Gasteiger partial charge on any atom is 0.330 e. The fourth-order valence-electron chi connectivity index (χ4n) is 6.44. The van der Waals surface area contributed by atoms with Gasteiger partial charge in [-0.1, -0.05) is 47.9 Å². The highest BCUT2D eigenvalue weighted by Gasteiger charge is 2.40. The van der Waals surface area contributed by atoms with Crippen molar-refractivity contribution in [2.75, 3.05) is 39.4 Å². The second kappa shape index (κ2) is 34.5. The second-order valence-corrected chi connectivity index (χ2v) is 15.4. The van der Waals surface area contributed by atoms with E-state index in [0.717, 1.165) is 30.4 Å². The summed E-state index contributed by atoms with van der Waals surface area (Å²) in [5.74, 6) is -2.66. The van der Waals surface area contributed by atoms with Gasteiger partial charge in [-0.25, -0.2) is 9.59 Å². The van der Waals surface area contributed by atoms with Crippen LogP contribution in [0, 0.1) is 13.8 Å². The zero-order valence-electron chi connectivity index (χ0n) is 44.4. The van der Waals surface area contributed by atoms with Gasteiger partial charge >= 0.3 is 23.3 Å². The van der Waals surface area contributed by atoms with Crippen LogP contribution in [-0.2, 0) is 38.1 Å². The maximum atomic E-state index is 12.2. The zero-order valence-corrected chi connectivity index (χ0v) is 40.4. The Morgan fingerprint density at radius 3 is 1.52 bits per heavy atom. The molecule has 0 spiro atoms. The average molecular weight is 951 g/mol. The van der Waals surface area contributed by atoms with Crippen LogP contribution in [0.5, 0.6) is 0 Å². The first-order chi connectivity index (χ1) is 33.4. The van der Waals surface area contributed by atoms with Crippen LogP contribution in [0.4, 0.5) is 0 Å². The number of hydrogen-bond acceptors (Lipinski definition) is 16. The number of carbonyl (C=O) groups is 4. The van der Waals surface area contributed by atoms with Gasteiger partial charge in [-0.3, -0.25) is 43.1 Å². The fourth-order valence-corrected chi connectivity index (χ4v) is 6.44. The molecule has 2 saturated heterocycles. The molecule has 4 heterocycles. The number of Topliss-reactive ketones (excluding diaryl/α,β-unsaturated/α-hetero) is 1. The molecular weight excluding hydrogens is 865 g/mol. The SMILES string of the molecule is CCCCN.CC[NH+](CC)CC.[2H]OC[C@H]1O[C@@H](n2cc(C)c(=O)[nH]c2=O)C[C@H]1OC(=O)CCC(=O)CCCCC.[2H]OC[C@H]1O[C@@H](n2cc(C)c(=O)[nH]c2=O)C[C@H]1OC(=O)CCC(=O)[O-].[3H]C.[3H]C. The van der Waals surface area contributed by atoms with Crippen LogP contribution in [0.25, 0.3) is 0 Å². The number of aliphatic carboxylic acids is 1. The third kappa shape index (κ3) is 22.6. The van der Waals surface area contributed by atoms with Crippen LogP contribution in [0.3, 0.4) is 0 Å². The Kier molecular flexibility index (Phi) is 29.0. The molecule has 6 atom stereocenters. The third-order valence-corrected chi connectivity index (χ3v) is 10.4. The Hall–Kier alpha value is -4.80. The summed E-state index contributed by atoms with van der Waals surface area (Å²) in [6, 6.07) is 0. The van der Waals surface area contributed by atoms with E-state index >= 15 is 0 Å². The first-order valence-corrected chi connectivity index (χ1v) is 22.2. The van der Waals surface area contributed by atoms with E-state index in [4.69, 9.17) is 30.3 Å². The Balaban J connectivity index is 0. The summed E-state index contributed by atoms with van der Waals surface area (Å²) in [5.41, 5.74) is 3.45. The molecule has 2 aliphatic heterocycles. The second-order valence-electron chi connectivity index (χ2n) is 15.4. The summed E-state index contributed by atoms with van der Waals surface area (Å²) in [6.07, 6.45) is 3.15. The molecule has 2 aromatic rings. The molecule has 2 fully saturated rings. The normalized spacial score (nSPS) is 19.9. The molecule has 4 rings (SSSR count). The van der Waals surface area contributed by atoms with Gasteiger partial charge in [0.25, 0.3) is 11.1 Å². The monoisotopic (exact) mass is 951 g/mol. The summed E-state index contributed by atoms with van der Waals surface area (Å²) >= 11 is 0. The van der Waals surface area contributed by atoms with Gasteiger partial charge in [-0.2, -0.15) is 0 Å². The molecule has 0 aromatic carbocycles. The third-order valence-electron chi connectivity index (χ3n) is 10.4. The minimum atomic E-state index is -1.38. The number of carboxylic acid groups (broad SMARTS) is 1. The lowest BCUT2D eigenvalue weighted by molar-refractivity contribution is -0.894. The number of aromatic amines is 2. The van der Waals surface area contributed by atoms with Crippen molar-refractivity contribution < 1.29 is 61.1 Å². The van der Waals surface area contributed by atoms with Crippen molar-refractivity contribution >= 4 is 23.7 Å². The molecule has 0 aliphatic carbocycles. The number of H-pyrrole nitrogens is 2. The van der Waals surface area contributed by atoms with Crippen molar-refractivity contribution in [2.24, 2.45) is 5.73 Å². The van der Waals surface area contributed by atoms with Gasteiger partial charge in [0, 0.05) is 57.9 Å². The molecule has 380 valence electrons. The Morgan fingerprint density at radius 2 is 1.18 bits per heavy atom. The highest BCUT2D eigenvalue weighted by molar-refractivity contribution is 5.82. The lowest BCUT2D eigenvalue weighted by Gasteiger charge is -2.16. The minimum absolute atomic E-state index is 0.0252. The van der Waals surface area contributed by atoms with E-state index in [1.54, 1.807) is 11.8 Å². The van der Waals surface area contributed by atoms with Gasteiger partial charge in [0.05, 0.1) is 45.7 Å². The first-order valence-electron chi connectivity index (χ1n) is 25.0. The number of hydrogen-bond donors (Lipinski definition) is 6. The lowest BCUT2D eigenvalue weighted by atomic mass is 10.1. The molecule has 7 N–H and O–H groups in total. The summed E-state index contributed by atoms with van der Waals surface area (Å²) < 4.78 is 49.6. The highest BCUT2D eigenvalue weighted by Crippen LogP contribution is 2.31. The van der Waals surface area contributed by atoms with Crippen LogP contribution in [0.2, 0.25) is 0 Å². The van der Waals surface area contributed by atoms with E-state index in [-0.39, 0.29) is 51.1 Å². The van der Waals surface area contributed by atoms with E-state index < -0.39 is 83.7 Å². The van der Waals surface area contributed by atoms with Crippen molar-refractivity contribution in [3.05, 3.63) is 65.2 Å². The minimum Gasteiger partial charge on any atom is -0.550 e. The van der Waals surface area contributed by atoms with E-state index in [1.807, 2.05) is 0 Å². The molecule has 0 amide bonds. The predicted molar refractivity (Wildman–Crippen MR) is 246 cm³/mol. The number of quaternary nitrogens is 1. The van der Waals surface area contributed by atoms with Crippen molar-refractivity contribution in [1.29, 1.82) is 2.86 Å². The number of carboxylic acids is 1. The number of aliphatic hydroxyl groups is 2. The number of esters is 2. The zero-order chi connectivity index (χ0) is 53.8. The van der Waals surface area contributed by atoms with Gasteiger partial charge in [-0.05, 0) is 60.4 Å². The Bertz CT molecular complexity index is 2010. The molecule has 21 heteroatoms. The molecule has 66 heavy (non-hydrogen) atoms. The van der Waals surface area contributed by atoms with Gasteiger partial charge in [0.1, 0.15) is 42.7 Å². The molecule has 0 bridgehead atoms. The number of nitrogens with two attached hydrogens (primary N) is 1. The predicted octanol–water partition coefficient (Wildman–Crippen LogP) is 0.481. The smallest absolute Gasteiger partial charge is 0.330 e. The Morgan fingerprint density at radius 1 is 0.758 bits per heavy atom. The molecule has 0 radical (unpaired) electrons. The molecular formula is C45H80N6O15. The standard InChI is InChI=1S/C19H28N2O7.C14H18N2O8.C6H15N.C4H11N.2CH4/c1-3-4-5-6-13(23)7-8-17(24)28-14-9-16(27-15(14)11-22)21-10-12(2)18(25)20-19(21)26;1-7-5-16(14(22)15-13(7)21)10-4-8(9(6-17)23-10)24-12(20)3-2-11(18)19;1-4-7(5-2)6-3;1-2-3-4-5;;/h10,14-16,22H,3-9,11H2,1-2H3,(H,20,25,26);5,8-10,17H,2-4,6H2,1H3,(H,18,19)(H,15,21,22);4-6H2,1-3H3;2-5H2,1H3;2*1H4/t14-,15-,16-;8-,9-,10-;;;;/m11..../s1/i22D;17D;;;2*1T. The maximum absolute atomic E-state index is 12.2. The number of rotatable bonds is 23. The van der Waals surface area contributed by atoms with Crippen LogP contribution in [-0.4, -0.2) is 120 Å². The summed E-state index contributed by atoms with van der Waals surface area (Å²) in [6.45, 7) is 18.2. The van der Waals surface area contributed by atoms with Gasteiger partial charge in [0.2, 0.25) is 2.86 Å². The van der Waals surface area contributed by atoms with Crippen molar-refractivity contribution in [1.82, 2.24) is 19.1 Å². The molecule has 2 aliphatic rings. The summed E-state index contributed by atoms with van der Waals surface area (Å²) in [7, 11) is 2.50. The van der Waals surface area contributed by atoms with Crippen LogP contribution in [0.1, 0.15) is 153 Å². The highest BCUT2D eigenvalue weighted by atomic mass is 16.6. The van der Waals surface area contributed by atoms with Crippen molar-refractivity contribution in [2.45, 2.75) is 177 Å². The molecule has 2 aromatic heterocycles. The van der Waals surface area contributed by atoms with Gasteiger partial charge in [-0.15, -0.1) is 0 Å². The lowest BCUT2D eigenvalue weighted by Crippen LogP contribution is -3.11. The largest absolute Gasteiger partial charge is 0.550 e. The van der Waals surface area contributed by atoms with Crippen LogP contribution < -0.4 is 38.2 Å². The van der Waals surface area contributed by atoms with Gasteiger partial charge in [0.15, 0.2) is 0 Å². The molecule has 0 unspecified atom stereocenters. The number of carbonyl (C=O) groups excluding carboxylic acids is 4. The number of ether oxygens (including phenoxy) is 4. The van der Waals surface area contributed by atoms with Crippen molar-refractivity contribution in [3.8, 4) is 0 Å². The summed E-state index contributed by atoms with van der Waals surface area (Å²) in [4.78, 5) is 99.0. The van der Waals surface area contributed by atoms with Crippen LogP contribution >= 0.6 is 0 Å². The summed E-state index contributed by atoms with van der Waals surface area (Å²) in [5, 5.41) is 19.0. The van der Waals surface area contributed by atoms with E-state index in [9.17, 15) is 43.5 Å². The number of ketones is 1. The number of aryl methyl sites for hydroxylation is 2. The Labute approximate surface area is 393 Å². The topological polar surface area (TPSA) is 309 Å². The quantitative estimate of drug-likeness (QED) is 0.0652. The van der Waals surface area contributed by atoms with Crippen LogP contribution in [0.15, 0.2) is 31.6 Å². The molecule has 0 saturated carbocycles. The van der Waals surface area contributed by atoms with Gasteiger partial charge < -0.3 is 49.7 Å². The van der Waals surface area contributed by atoms with E-state index in [2.05, 4.69) is 54.8 Å². The fraction of sp³-hybridized carbons (Fsp3) is 0.733. The van der Waals surface area contributed by atoms with E-state index in [0.29, 0.717) is 17.5 Å².